The van der Waals surface area contributed by atoms with Crippen LogP contribution in [-0.4, -0.2) is 37.2 Å². The van der Waals surface area contributed by atoms with Gasteiger partial charge in [-0.05, 0) is 19.3 Å². The molecular weight excluding hydrogens is 292 g/mol. The van der Waals surface area contributed by atoms with Crippen molar-refractivity contribution in [3.63, 3.8) is 0 Å². The van der Waals surface area contributed by atoms with Crippen molar-refractivity contribution >= 4 is 0 Å². The quantitative estimate of drug-likeness (QED) is 0.876. The van der Waals surface area contributed by atoms with Gasteiger partial charge in [0.1, 0.15) is 18.3 Å². The Morgan fingerprint density at radius 2 is 2.22 bits per heavy atom. The van der Waals surface area contributed by atoms with E-state index < -0.39 is 0 Å². The molecule has 1 N–H and O–H groups in total. The summed E-state index contributed by atoms with van der Waals surface area (Å²) in [4.78, 5) is 4.38. The largest absolute Gasteiger partial charge is 0.372 e. The Morgan fingerprint density at radius 1 is 1.39 bits per heavy atom. The monoisotopic (exact) mass is 318 g/mol. The normalized spacial score (nSPS) is 21.4. The Bertz CT molecular complexity index is 647. The molecule has 7 heteroatoms. The van der Waals surface area contributed by atoms with Crippen molar-refractivity contribution in [3.05, 3.63) is 29.6 Å². The zero-order valence-electron chi connectivity index (χ0n) is 14.4. The topological polar surface area (TPSA) is 69.8 Å². The first-order valence-corrected chi connectivity index (χ1v) is 8.26. The fourth-order valence-electron chi connectivity index (χ4n) is 3.05. The number of hydrogen-bond acceptors (Lipinski definition) is 5. The maximum Gasteiger partial charge on any atom is 0.140 e. The van der Waals surface area contributed by atoms with E-state index in [9.17, 15) is 0 Å². The van der Waals surface area contributed by atoms with E-state index in [1.807, 2.05) is 22.6 Å². The highest BCUT2D eigenvalue weighted by Crippen LogP contribution is 2.31. The number of nitrogens with one attached hydrogen (secondary N) is 1. The van der Waals surface area contributed by atoms with Crippen LogP contribution in [0.3, 0.4) is 0 Å². The van der Waals surface area contributed by atoms with Gasteiger partial charge in [-0.15, -0.1) is 0 Å². The number of ether oxygens (including phenoxy) is 1. The zero-order valence-corrected chi connectivity index (χ0v) is 14.4. The summed E-state index contributed by atoms with van der Waals surface area (Å²) < 4.78 is 9.83. The zero-order chi connectivity index (χ0) is 16.4. The van der Waals surface area contributed by atoms with Crippen molar-refractivity contribution in [2.45, 2.75) is 52.4 Å². The molecule has 2 aromatic rings. The molecule has 1 saturated heterocycles. The summed E-state index contributed by atoms with van der Waals surface area (Å²) in [6.07, 6.45) is 4.61. The van der Waals surface area contributed by atoms with Gasteiger partial charge in [0.25, 0.3) is 0 Å². The Labute approximate surface area is 137 Å². The lowest BCUT2D eigenvalue weighted by Gasteiger charge is -2.20. The number of hydrogen-bond donors (Lipinski definition) is 1. The molecule has 1 fully saturated rings. The Balaban J connectivity index is 1.66. The van der Waals surface area contributed by atoms with Crippen molar-refractivity contribution in [2.75, 3.05) is 6.61 Å². The summed E-state index contributed by atoms with van der Waals surface area (Å²) in [7, 11) is 1.96. The van der Waals surface area contributed by atoms with Gasteiger partial charge < -0.3 is 10.1 Å². The number of nitrogens with zero attached hydrogens (tertiary/aromatic N) is 5. The van der Waals surface area contributed by atoms with Gasteiger partial charge in [-0.1, -0.05) is 13.8 Å². The van der Waals surface area contributed by atoms with Gasteiger partial charge in [0, 0.05) is 37.5 Å². The first kappa shape index (κ1) is 16.1. The maximum atomic E-state index is 5.95. The van der Waals surface area contributed by atoms with Gasteiger partial charge in [0.2, 0.25) is 0 Å². The Kier molecular flexibility index (Phi) is 4.77. The first-order chi connectivity index (χ1) is 11.1. The third-order valence-corrected chi connectivity index (χ3v) is 4.43. The second-order valence-electron chi connectivity index (χ2n) is 6.63. The van der Waals surface area contributed by atoms with Crippen LogP contribution in [0.4, 0.5) is 0 Å². The van der Waals surface area contributed by atoms with E-state index in [1.54, 1.807) is 6.33 Å². The molecule has 3 rings (SSSR count). The molecule has 7 nitrogen and oxygen atoms in total. The van der Waals surface area contributed by atoms with Crippen LogP contribution in [-0.2, 0) is 24.9 Å². The standard InChI is InChI=1S/C16H26N6O/c1-11(2)9-22-15(18-10-20-22)8-17-14-5-6-23-16(14)13-7-19-21(4)12(13)3/h7,10-11,14,16-17H,5-6,8-9H2,1-4H3/t14-,16+/m0/s1. The van der Waals surface area contributed by atoms with E-state index in [1.165, 1.54) is 5.56 Å². The summed E-state index contributed by atoms with van der Waals surface area (Å²) in [6.45, 7) is 8.82. The van der Waals surface area contributed by atoms with Gasteiger partial charge in [0.15, 0.2) is 0 Å². The maximum absolute atomic E-state index is 5.95. The van der Waals surface area contributed by atoms with Crippen LogP contribution < -0.4 is 5.32 Å². The molecule has 0 unspecified atom stereocenters. The predicted octanol–water partition coefficient (Wildman–Crippen LogP) is 1.60. The van der Waals surface area contributed by atoms with Gasteiger partial charge in [-0.25, -0.2) is 9.67 Å². The van der Waals surface area contributed by atoms with Gasteiger partial charge >= 0.3 is 0 Å². The minimum Gasteiger partial charge on any atom is -0.372 e. The minimum absolute atomic E-state index is 0.0603. The average molecular weight is 318 g/mol. The molecule has 0 bridgehead atoms. The number of rotatable bonds is 6. The van der Waals surface area contributed by atoms with Gasteiger partial charge in [0.05, 0.1) is 12.7 Å². The second kappa shape index (κ2) is 6.80. The van der Waals surface area contributed by atoms with Crippen LogP contribution in [0.25, 0.3) is 0 Å². The molecule has 0 amide bonds. The van der Waals surface area contributed by atoms with E-state index in [-0.39, 0.29) is 12.1 Å². The smallest absolute Gasteiger partial charge is 0.140 e. The summed E-state index contributed by atoms with van der Waals surface area (Å²) in [5.41, 5.74) is 2.33. The predicted molar refractivity (Wildman–Crippen MR) is 86.7 cm³/mol. The van der Waals surface area contributed by atoms with Gasteiger partial charge in [-0.3, -0.25) is 4.68 Å². The highest BCUT2D eigenvalue weighted by atomic mass is 16.5. The summed E-state index contributed by atoms with van der Waals surface area (Å²) in [5.74, 6) is 1.53. The molecular formula is C16H26N6O. The van der Waals surface area contributed by atoms with Crippen LogP contribution in [0, 0.1) is 12.8 Å². The fraction of sp³-hybridized carbons (Fsp3) is 0.688. The molecule has 1 aliphatic heterocycles. The van der Waals surface area contributed by atoms with Gasteiger partial charge in [-0.2, -0.15) is 10.2 Å². The third kappa shape index (κ3) is 3.45. The van der Waals surface area contributed by atoms with Crippen molar-refractivity contribution in [1.82, 2.24) is 29.9 Å². The summed E-state index contributed by atoms with van der Waals surface area (Å²) in [6, 6.07) is 0.280. The van der Waals surface area contributed by atoms with Crippen LogP contribution in [0.2, 0.25) is 0 Å². The van der Waals surface area contributed by atoms with Crippen LogP contribution in [0.5, 0.6) is 0 Å². The number of aryl methyl sites for hydroxylation is 1. The lowest BCUT2D eigenvalue weighted by molar-refractivity contribution is 0.0976. The molecule has 2 aromatic heterocycles. The molecule has 3 heterocycles. The average Bonchev–Trinajstić information content (AvgIpc) is 3.19. The lowest BCUT2D eigenvalue weighted by atomic mass is 10.0. The van der Waals surface area contributed by atoms with E-state index in [4.69, 9.17) is 4.74 Å². The first-order valence-electron chi connectivity index (χ1n) is 8.26. The second-order valence-corrected chi connectivity index (χ2v) is 6.63. The molecule has 1 aliphatic rings. The Morgan fingerprint density at radius 3 is 2.91 bits per heavy atom. The molecule has 126 valence electrons. The van der Waals surface area contributed by atoms with Crippen LogP contribution in [0.15, 0.2) is 12.5 Å². The molecule has 0 radical (unpaired) electrons. The summed E-state index contributed by atoms with van der Waals surface area (Å²) >= 11 is 0. The molecule has 0 aliphatic carbocycles. The molecule has 0 spiro atoms. The molecule has 2 atom stereocenters. The molecule has 0 saturated carbocycles. The lowest BCUT2D eigenvalue weighted by Crippen LogP contribution is -2.32. The van der Waals surface area contributed by atoms with E-state index in [0.29, 0.717) is 12.5 Å². The minimum atomic E-state index is 0.0603. The molecule has 0 aromatic carbocycles. The fourth-order valence-corrected chi connectivity index (χ4v) is 3.05. The van der Waals surface area contributed by atoms with E-state index >= 15 is 0 Å². The number of aromatic nitrogens is 5. The highest BCUT2D eigenvalue weighted by molar-refractivity contribution is 5.21. The SMILES string of the molecule is Cc1c([C@H]2OCC[C@@H]2NCc2ncnn2CC(C)C)cnn1C. The van der Waals surface area contributed by atoms with Crippen LogP contribution in [0.1, 0.15) is 43.5 Å². The highest BCUT2D eigenvalue weighted by Gasteiger charge is 2.31. The van der Waals surface area contributed by atoms with Crippen molar-refractivity contribution < 1.29 is 4.74 Å². The molecule has 23 heavy (non-hydrogen) atoms. The summed E-state index contributed by atoms with van der Waals surface area (Å²) in [5, 5.41) is 12.2. The van der Waals surface area contributed by atoms with E-state index in [2.05, 4.69) is 41.3 Å². The van der Waals surface area contributed by atoms with E-state index in [0.717, 1.165) is 31.1 Å². The van der Waals surface area contributed by atoms with Crippen molar-refractivity contribution in [3.8, 4) is 0 Å². The van der Waals surface area contributed by atoms with Crippen molar-refractivity contribution in [1.29, 1.82) is 0 Å². The van der Waals surface area contributed by atoms with Crippen molar-refractivity contribution in [2.24, 2.45) is 13.0 Å². The third-order valence-electron chi connectivity index (χ3n) is 4.43. The Hall–Kier alpha value is -1.73. The van der Waals surface area contributed by atoms with Crippen LogP contribution >= 0.6 is 0 Å².